The molecule has 3 aliphatic rings. The normalized spacial score (nSPS) is 23.5. The molecule has 6 nitrogen and oxygen atoms in total. The van der Waals surface area contributed by atoms with E-state index >= 15 is 0 Å². The predicted octanol–water partition coefficient (Wildman–Crippen LogP) is 5.99. The minimum absolute atomic E-state index is 0.245. The number of Topliss-reactive ketones (excluding diaryl/α,β-unsaturated/α-hetero) is 2. The zero-order valence-electron chi connectivity index (χ0n) is 22.7. The molecule has 1 saturated heterocycles. The highest BCUT2D eigenvalue weighted by Gasteiger charge is 2.70. The Balaban J connectivity index is 1.54. The van der Waals surface area contributed by atoms with Gasteiger partial charge in [-0.3, -0.25) is 14.4 Å². The maximum Gasteiger partial charge on any atom is 0.238 e. The number of nitrogens with zero attached hydrogens (tertiary/aromatic N) is 1. The molecule has 7 rings (SSSR count). The summed E-state index contributed by atoms with van der Waals surface area (Å²) in [4.78, 5) is 46.0. The fraction of sp³-hybridized carbons (Fsp3) is 0.171. The van der Waals surface area contributed by atoms with Gasteiger partial charge in [-0.25, -0.2) is 0 Å². The molecule has 0 bridgehead atoms. The third-order valence-electron chi connectivity index (χ3n) is 8.83. The summed E-state index contributed by atoms with van der Waals surface area (Å²) in [5.41, 5.74) is 3.74. The molecule has 4 unspecified atom stereocenters. The molecule has 3 heterocycles. The van der Waals surface area contributed by atoms with Gasteiger partial charge in [0.2, 0.25) is 5.91 Å². The first-order chi connectivity index (χ1) is 20.0. The van der Waals surface area contributed by atoms with Crippen LogP contribution in [0.5, 0.6) is 5.75 Å². The highest BCUT2D eigenvalue weighted by Crippen LogP contribution is 2.62. The van der Waals surface area contributed by atoms with E-state index in [1.165, 1.54) is 7.11 Å². The molecule has 1 spiro atoms. The van der Waals surface area contributed by atoms with Crippen molar-refractivity contribution in [3.05, 3.63) is 137 Å². The maximum absolute atomic E-state index is 14.8. The van der Waals surface area contributed by atoms with Crippen molar-refractivity contribution in [1.29, 1.82) is 0 Å². The molecule has 1 amide bonds. The molecule has 41 heavy (non-hydrogen) atoms. The molecule has 4 aromatic rings. The van der Waals surface area contributed by atoms with E-state index < -0.39 is 23.4 Å². The molecule has 0 radical (unpaired) electrons. The largest absolute Gasteiger partial charge is 0.496 e. The van der Waals surface area contributed by atoms with Gasteiger partial charge >= 0.3 is 0 Å². The second kappa shape index (κ2) is 9.30. The average Bonchev–Trinajstić information content (AvgIpc) is 3.49. The molecule has 0 aromatic heterocycles. The summed E-state index contributed by atoms with van der Waals surface area (Å²) in [7, 11) is 1.53. The first-order valence-corrected chi connectivity index (χ1v) is 13.7. The minimum Gasteiger partial charge on any atom is -0.496 e. The van der Waals surface area contributed by atoms with E-state index in [1.807, 2.05) is 84.8 Å². The summed E-state index contributed by atoms with van der Waals surface area (Å²) >= 11 is 0. The lowest BCUT2D eigenvalue weighted by Gasteiger charge is -2.38. The standard InChI is InChI=1S/C35H28N2O4/c1-21-15-17-23(18-16-21)31(38)29-30(32(39)25-11-5-8-14-28(25)41-2)37-20-19-22-9-3-4-10-24(22)33(37)35(29)26-12-6-7-13-27(26)36-34(35)40/h3-20,29-30,33H,1-2H3,(H,36,40). The number of para-hydroxylation sites is 2. The van der Waals surface area contributed by atoms with Crippen LogP contribution in [0.3, 0.4) is 0 Å². The van der Waals surface area contributed by atoms with Crippen LogP contribution in [0.2, 0.25) is 0 Å². The number of benzene rings is 4. The van der Waals surface area contributed by atoms with Crippen molar-refractivity contribution in [2.24, 2.45) is 5.92 Å². The summed E-state index contributed by atoms with van der Waals surface area (Å²) in [6, 6.07) is 28.3. The van der Waals surface area contributed by atoms with Gasteiger partial charge in [0.05, 0.1) is 24.6 Å². The molecule has 1 fully saturated rings. The van der Waals surface area contributed by atoms with Crippen LogP contribution >= 0.6 is 0 Å². The fourth-order valence-corrected chi connectivity index (χ4v) is 7.07. The van der Waals surface area contributed by atoms with Crippen LogP contribution < -0.4 is 10.1 Å². The predicted molar refractivity (Wildman–Crippen MR) is 157 cm³/mol. The summed E-state index contributed by atoms with van der Waals surface area (Å²) in [6.07, 6.45) is 3.84. The van der Waals surface area contributed by atoms with Crippen molar-refractivity contribution in [3.8, 4) is 5.75 Å². The molecule has 0 saturated carbocycles. The van der Waals surface area contributed by atoms with Crippen molar-refractivity contribution < 1.29 is 19.1 Å². The number of aryl methyl sites for hydroxylation is 1. The van der Waals surface area contributed by atoms with Crippen molar-refractivity contribution in [3.63, 3.8) is 0 Å². The van der Waals surface area contributed by atoms with Gasteiger partial charge in [-0.1, -0.05) is 84.4 Å². The zero-order valence-corrected chi connectivity index (χ0v) is 22.7. The van der Waals surface area contributed by atoms with Gasteiger partial charge in [0.25, 0.3) is 0 Å². The van der Waals surface area contributed by atoms with Crippen LogP contribution in [0.1, 0.15) is 49.0 Å². The molecule has 1 N–H and O–H groups in total. The monoisotopic (exact) mass is 540 g/mol. The van der Waals surface area contributed by atoms with Crippen molar-refractivity contribution >= 4 is 29.2 Å². The minimum atomic E-state index is -1.36. The van der Waals surface area contributed by atoms with Gasteiger partial charge < -0.3 is 15.0 Å². The van der Waals surface area contributed by atoms with Crippen LogP contribution in [-0.2, 0) is 10.2 Å². The van der Waals surface area contributed by atoms with Gasteiger partial charge in [0.1, 0.15) is 17.2 Å². The van der Waals surface area contributed by atoms with E-state index in [1.54, 1.807) is 36.4 Å². The fourth-order valence-electron chi connectivity index (χ4n) is 7.07. The highest BCUT2D eigenvalue weighted by atomic mass is 16.5. The topological polar surface area (TPSA) is 75.7 Å². The zero-order chi connectivity index (χ0) is 28.3. The van der Waals surface area contributed by atoms with Gasteiger partial charge in [0.15, 0.2) is 11.6 Å². The Hall–Kier alpha value is -4.97. The van der Waals surface area contributed by atoms with E-state index in [2.05, 4.69) is 5.32 Å². The second-order valence-electron chi connectivity index (χ2n) is 10.9. The van der Waals surface area contributed by atoms with Gasteiger partial charge in [-0.2, -0.15) is 0 Å². The SMILES string of the molecule is COc1ccccc1C(=O)C1C(C(=O)c2ccc(C)cc2)C2(C(=O)Nc3ccccc32)C2c3ccccc3C=CN12. The van der Waals surface area contributed by atoms with Crippen LogP contribution in [-0.4, -0.2) is 35.5 Å². The molecular formula is C35H28N2O4. The van der Waals surface area contributed by atoms with Crippen LogP contribution in [0, 0.1) is 12.8 Å². The number of anilines is 1. The molecule has 202 valence electrons. The lowest BCUT2D eigenvalue weighted by Crippen LogP contribution is -2.49. The van der Waals surface area contributed by atoms with Crippen LogP contribution in [0.15, 0.2) is 103 Å². The quantitative estimate of drug-likeness (QED) is 0.315. The number of fused-ring (bicyclic) bond motifs is 6. The summed E-state index contributed by atoms with van der Waals surface area (Å²) < 4.78 is 5.58. The maximum atomic E-state index is 14.8. The van der Waals surface area contributed by atoms with Crippen LogP contribution in [0.4, 0.5) is 5.69 Å². The highest BCUT2D eigenvalue weighted by molar-refractivity contribution is 6.17. The first-order valence-electron chi connectivity index (χ1n) is 13.7. The molecule has 6 heteroatoms. The number of carbonyl (C=O) groups is 3. The summed E-state index contributed by atoms with van der Waals surface area (Å²) in [5.74, 6) is -1.39. The average molecular weight is 541 g/mol. The molecule has 4 atom stereocenters. The smallest absolute Gasteiger partial charge is 0.238 e. The molecule has 4 aromatic carbocycles. The number of nitrogens with one attached hydrogen (secondary N) is 1. The Kier molecular flexibility index (Phi) is 5.68. The number of ether oxygens (including phenoxy) is 1. The number of methoxy groups -OCH3 is 1. The number of amides is 1. The molecular weight excluding hydrogens is 512 g/mol. The van der Waals surface area contributed by atoms with Crippen molar-refractivity contribution in [2.45, 2.75) is 24.4 Å². The Bertz CT molecular complexity index is 1760. The number of carbonyl (C=O) groups excluding carboxylic acids is 3. The van der Waals surface area contributed by atoms with Crippen LogP contribution in [0.25, 0.3) is 6.08 Å². The van der Waals surface area contributed by atoms with E-state index in [0.29, 0.717) is 22.6 Å². The first kappa shape index (κ1) is 25.0. The Morgan fingerprint density at radius 3 is 2.37 bits per heavy atom. The van der Waals surface area contributed by atoms with E-state index in [0.717, 1.165) is 22.3 Å². The molecule has 3 aliphatic heterocycles. The third kappa shape index (κ3) is 3.46. The van der Waals surface area contributed by atoms with E-state index in [4.69, 9.17) is 4.74 Å². The van der Waals surface area contributed by atoms with Gasteiger partial charge in [-0.15, -0.1) is 0 Å². The van der Waals surface area contributed by atoms with Gasteiger partial charge in [0, 0.05) is 17.5 Å². The Morgan fingerprint density at radius 1 is 0.854 bits per heavy atom. The Labute approximate surface area is 238 Å². The summed E-state index contributed by atoms with van der Waals surface area (Å²) in [6.45, 7) is 1.96. The lowest BCUT2D eigenvalue weighted by molar-refractivity contribution is -0.122. The summed E-state index contributed by atoms with van der Waals surface area (Å²) in [5, 5.41) is 3.08. The number of rotatable bonds is 5. The number of hydrogen-bond acceptors (Lipinski definition) is 5. The van der Waals surface area contributed by atoms with E-state index in [9.17, 15) is 14.4 Å². The second-order valence-corrected chi connectivity index (χ2v) is 10.9. The van der Waals surface area contributed by atoms with Crippen molar-refractivity contribution in [1.82, 2.24) is 4.90 Å². The number of ketones is 2. The van der Waals surface area contributed by atoms with Crippen molar-refractivity contribution in [2.75, 3.05) is 12.4 Å². The Morgan fingerprint density at radius 2 is 1.56 bits per heavy atom. The lowest BCUT2D eigenvalue weighted by atomic mass is 9.62. The third-order valence-corrected chi connectivity index (χ3v) is 8.83. The molecule has 0 aliphatic carbocycles. The van der Waals surface area contributed by atoms with E-state index in [-0.39, 0.29) is 17.5 Å². The van der Waals surface area contributed by atoms with Gasteiger partial charge in [-0.05, 0) is 47.9 Å². The number of hydrogen-bond donors (Lipinski definition) is 1.